The first-order valence-corrected chi connectivity index (χ1v) is 7.96. The molecule has 0 saturated carbocycles. The Morgan fingerprint density at radius 1 is 1.04 bits per heavy atom. The second-order valence-corrected chi connectivity index (χ2v) is 5.68. The number of nitrogens with zero attached hydrogens (tertiary/aromatic N) is 2. The lowest BCUT2D eigenvalue weighted by Gasteiger charge is -2.13. The Morgan fingerprint density at radius 3 is 2.56 bits per heavy atom. The summed E-state index contributed by atoms with van der Waals surface area (Å²) in [4.78, 5) is 8.46. The molecule has 1 aromatic heterocycles. The fraction of sp³-hybridized carbons (Fsp3) is 0.158. The molecule has 3 aromatic rings. The monoisotopic (exact) mass is 335 g/mol. The molecule has 25 heavy (non-hydrogen) atoms. The van der Waals surface area contributed by atoms with Gasteiger partial charge in [-0.1, -0.05) is 35.9 Å². The second kappa shape index (κ2) is 7.53. The first kappa shape index (κ1) is 16.6. The molecule has 0 atom stereocenters. The lowest BCUT2D eigenvalue weighted by molar-refractivity contribution is 0.415. The van der Waals surface area contributed by atoms with Crippen molar-refractivity contribution >= 4 is 23.0 Å². The van der Waals surface area contributed by atoms with Gasteiger partial charge in [0, 0.05) is 18.3 Å². The van der Waals surface area contributed by atoms with Gasteiger partial charge in [-0.2, -0.15) is 0 Å². The summed E-state index contributed by atoms with van der Waals surface area (Å²) in [6, 6.07) is 15.9. The average Bonchev–Trinajstić information content (AvgIpc) is 2.64. The molecule has 4 N–H and O–H groups in total. The lowest BCUT2D eigenvalue weighted by atomic mass is 10.1. The van der Waals surface area contributed by atoms with Gasteiger partial charge < -0.3 is 21.1 Å². The van der Waals surface area contributed by atoms with Crippen molar-refractivity contribution < 1.29 is 4.74 Å². The highest BCUT2D eigenvalue weighted by atomic mass is 16.5. The smallest absolute Gasteiger partial charge is 0.159 e. The standard InChI is InChI=1S/C19H21N5O/c1-13-6-8-14(9-7-13)11-21-18-17(20)19(23-12-22-18)24-15-4-3-5-16(10-15)25-2/h3-10,12H,11,20H2,1-2H3,(H2,21,22,23,24). The summed E-state index contributed by atoms with van der Waals surface area (Å²) in [6.45, 7) is 2.70. The van der Waals surface area contributed by atoms with Crippen molar-refractivity contribution in [2.75, 3.05) is 23.5 Å². The molecule has 2 aromatic carbocycles. The summed E-state index contributed by atoms with van der Waals surface area (Å²) in [6.07, 6.45) is 1.48. The Labute approximate surface area is 147 Å². The summed E-state index contributed by atoms with van der Waals surface area (Å²) in [7, 11) is 1.63. The summed E-state index contributed by atoms with van der Waals surface area (Å²) in [5, 5.41) is 6.45. The molecule has 3 rings (SSSR count). The number of nitrogens with two attached hydrogens (primary N) is 1. The molecule has 0 bridgehead atoms. The van der Waals surface area contributed by atoms with Crippen LogP contribution >= 0.6 is 0 Å². The number of nitrogen functional groups attached to an aromatic ring is 1. The van der Waals surface area contributed by atoms with E-state index in [2.05, 4.69) is 51.8 Å². The highest BCUT2D eigenvalue weighted by molar-refractivity contribution is 5.77. The number of rotatable bonds is 6. The maximum Gasteiger partial charge on any atom is 0.159 e. The van der Waals surface area contributed by atoms with E-state index in [0.717, 1.165) is 17.0 Å². The van der Waals surface area contributed by atoms with E-state index in [1.807, 2.05) is 24.3 Å². The number of hydrogen-bond donors (Lipinski definition) is 3. The van der Waals surface area contributed by atoms with Crippen LogP contribution in [0.4, 0.5) is 23.0 Å². The minimum atomic E-state index is 0.470. The highest BCUT2D eigenvalue weighted by Gasteiger charge is 2.08. The van der Waals surface area contributed by atoms with Crippen LogP contribution in [0.15, 0.2) is 54.9 Å². The minimum absolute atomic E-state index is 0.470. The first-order valence-electron chi connectivity index (χ1n) is 7.96. The first-order chi connectivity index (χ1) is 12.2. The fourth-order valence-corrected chi connectivity index (χ4v) is 2.37. The van der Waals surface area contributed by atoms with Gasteiger partial charge in [-0.3, -0.25) is 0 Å². The predicted octanol–water partition coefficient (Wildman–Crippen LogP) is 3.73. The maximum atomic E-state index is 6.21. The molecule has 0 fully saturated rings. The Balaban J connectivity index is 1.73. The number of benzene rings is 2. The molecule has 6 heteroatoms. The average molecular weight is 335 g/mol. The van der Waals surface area contributed by atoms with Crippen molar-refractivity contribution in [3.05, 3.63) is 66.0 Å². The van der Waals surface area contributed by atoms with Gasteiger partial charge in [-0.15, -0.1) is 0 Å². The number of ether oxygens (including phenoxy) is 1. The van der Waals surface area contributed by atoms with Gasteiger partial charge in [0.2, 0.25) is 0 Å². The molecule has 6 nitrogen and oxygen atoms in total. The van der Waals surface area contributed by atoms with Crippen molar-refractivity contribution in [3.8, 4) is 5.75 Å². The van der Waals surface area contributed by atoms with Crippen LogP contribution in [0, 0.1) is 6.92 Å². The number of aromatic nitrogens is 2. The second-order valence-electron chi connectivity index (χ2n) is 5.68. The zero-order valence-electron chi connectivity index (χ0n) is 14.3. The van der Waals surface area contributed by atoms with Crippen LogP contribution in [0.5, 0.6) is 5.75 Å². The van der Waals surface area contributed by atoms with Gasteiger partial charge in [-0.05, 0) is 24.6 Å². The summed E-state index contributed by atoms with van der Waals surface area (Å²) < 4.78 is 5.23. The Hall–Kier alpha value is -3.28. The third kappa shape index (κ3) is 4.17. The quantitative estimate of drug-likeness (QED) is 0.636. The molecule has 0 aliphatic carbocycles. The van der Waals surface area contributed by atoms with Gasteiger partial charge in [0.25, 0.3) is 0 Å². The van der Waals surface area contributed by atoms with Crippen molar-refractivity contribution in [1.29, 1.82) is 0 Å². The molecule has 0 amide bonds. The third-order valence-electron chi connectivity index (χ3n) is 3.80. The van der Waals surface area contributed by atoms with Gasteiger partial charge in [-0.25, -0.2) is 9.97 Å². The number of hydrogen-bond acceptors (Lipinski definition) is 6. The lowest BCUT2D eigenvalue weighted by Crippen LogP contribution is -2.08. The van der Waals surface area contributed by atoms with E-state index >= 15 is 0 Å². The number of methoxy groups -OCH3 is 1. The molecule has 128 valence electrons. The summed E-state index contributed by atoms with van der Waals surface area (Å²) >= 11 is 0. The molecule has 0 spiro atoms. The number of aryl methyl sites for hydroxylation is 1. The SMILES string of the molecule is COc1cccc(Nc2ncnc(NCc3ccc(C)cc3)c2N)c1. The van der Waals surface area contributed by atoms with E-state index < -0.39 is 0 Å². The molecule has 1 heterocycles. The topological polar surface area (TPSA) is 85.1 Å². The fourth-order valence-electron chi connectivity index (χ4n) is 2.37. The number of anilines is 4. The van der Waals surface area contributed by atoms with Gasteiger partial charge >= 0.3 is 0 Å². The van der Waals surface area contributed by atoms with Crippen molar-refractivity contribution in [2.24, 2.45) is 0 Å². The van der Waals surface area contributed by atoms with Crippen LogP contribution < -0.4 is 21.1 Å². The van der Waals surface area contributed by atoms with Gasteiger partial charge in [0.05, 0.1) is 7.11 Å². The van der Waals surface area contributed by atoms with Crippen LogP contribution in [0.25, 0.3) is 0 Å². The van der Waals surface area contributed by atoms with E-state index in [-0.39, 0.29) is 0 Å². The maximum absolute atomic E-state index is 6.21. The molecule has 0 unspecified atom stereocenters. The summed E-state index contributed by atoms with van der Waals surface area (Å²) in [5.74, 6) is 1.91. The molecule has 0 aliphatic heterocycles. The normalized spacial score (nSPS) is 10.3. The van der Waals surface area contributed by atoms with Crippen LogP contribution in [-0.2, 0) is 6.54 Å². The summed E-state index contributed by atoms with van der Waals surface area (Å²) in [5.41, 5.74) is 9.91. The van der Waals surface area contributed by atoms with Crippen LogP contribution in [0.2, 0.25) is 0 Å². The zero-order valence-corrected chi connectivity index (χ0v) is 14.3. The van der Waals surface area contributed by atoms with E-state index in [4.69, 9.17) is 10.5 Å². The Kier molecular flexibility index (Phi) is 4.99. The van der Waals surface area contributed by atoms with E-state index in [1.165, 1.54) is 11.9 Å². The Bertz CT molecular complexity index is 849. The van der Waals surface area contributed by atoms with Gasteiger partial charge in [0.1, 0.15) is 17.8 Å². The largest absolute Gasteiger partial charge is 0.497 e. The molecule has 0 radical (unpaired) electrons. The van der Waals surface area contributed by atoms with Crippen molar-refractivity contribution in [2.45, 2.75) is 13.5 Å². The van der Waals surface area contributed by atoms with E-state index in [0.29, 0.717) is 23.9 Å². The van der Waals surface area contributed by atoms with E-state index in [1.54, 1.807) is 7.11 Å². The predicted molar refractivity (Wildman–Crippen MR) is 101 cm³/mol. The van der Waals surface area contributed by atoms with Crippen molar-refractivity contribution in [1.82, 2.24) is 9.97 Å². The number of nitrogens with one attached hydrogen (secondary N) is 2. The van der Waals surface area contributed by atoms with Crippen LogP contribution in [-0.4, -0.2) is 17.1 Å². The highest BCUT2D eigenvalue weighted by Crippen LogP contribution is 2.27. The zero-order chi connectivity index (χ0) is 17.6. The van der Waals surface area contributed by atoms with Crippen LogP contribution in [0.3, 0.4) is 0 Å². The van der Waals surface area contributed by atoms with Gasteiger partial charge in [0.15, 0.2) is 11.6 Å². The molecular weight excluding hydrogens is 314 g/mol. The third-order valence-corrected chi connectivity index (χ3v) is 3.80. The molecule has 0 aliphatic rings. The van der Waals surface area contributed by atoms with E-state index in [9.17, 15) is 0 Å². The molecule has 0 saturated heterocycles. The van der Waals surface area contributed by atoms with Crippen LogP contribution in [0.1, 0.15) is 11.1 Å². The van der Waals surface area contributed by atoms with Crippen molar-refractivity contribution in [3.63, 3.8) is 0 Å². The molecular formula is C19H21N5O. The minimum Gasteiger partial charge on any atom is -0.497 e. The Morgan fingerprint density at radius 2 is 1.80 bits per heavy atom.